The number of sulfone groups is 1. The van der Waals surface area contributed by atoms with Gasteiger partial charge in [-0.15, -0.1) is 0 Å². The van der Waals surface area contributed by atoms with Crippen molar-refractivity contribution in [3.8, 4) is 0 Å². The Balaban J connectivity index is 1.78. The topological polar surface area (TPSA) is 98.0 Å². The third-order valence-corrected chi connectivity index (χ3v) is 5.38. The van der Waals surface area contributed by atoms with Gasteiger partial charge in [0.25, 0.3) is 0 Å². The zero-order valence-electron chi connectivity index (χ0n) is 10.9. The van der Waals surface area contributed by atoms with Crippen molar-refractivity contribution < 1.29 is 8.42 Å². The van der Waals surface area contributed by atoms with E-state index in [1.165, 1.54) is 6.33 Å². The fraction of sp³-hybridized carbons (Fsp3) is 0.385. The van der Waals surface area contributed by atoms with Crippen LogP contribution in [0.5, 0.6) is 0 Å². The Morgan fingerprint density at radius 1 is 1.35 bits per heavy atom. The van der Waals surface area contributed by atoms with Crippen LogP contribution in [0.2, 0.25) is 0 Å². The second-order valence-electron chi connectivity index (χ2n) is 5.15. The summed E-state index contributed by atoms with van der Waals surface area (Å²) in [5.41, 5.74) is 7.17. The standard InChI is InChI=1S/C13H16N4O2S/c14-10-1-2-11-12(5-10)16-8-17-13(11)15-6-9-3-4-20(18,19)7-9/h1-2,5,8-9H,3-4,6-7,14H2,(H,15,16,17). The first kappa shape index (κ1) is 13.1. The first-order valence-electron chi connectivity index (χ1n) is 6.48. The molecule has 3 rings (SSSR count). The lowest BCUT2D eigenvalue weighted by Gasteiger charge is -2.11. The largest absolute Gasteiger partial charge is 0.399 e. The van der Waals surface area contributed by atoms with Gasteiger partial charge in [-0.1, -0.05) is 0 Å². The Labute approximate surface area is 117 Å². The number of benzene rings is 1. The summed E-state index contributed by atoms with van der Waals surface area (Å²) in [6, 6.07) is 5.47. The van der Waals surface area contributed by atoms with Crippen molar-refractivity contribution in [2.24, 2.45) is 5.92 Å². The van der Waals surface area contributed by atoms with Crippen molar-refractivity contribution in [3.63, 3.8) is 0 Å². The van der Waals surface area contributed by atoms with Crippen LogP contribution in [0.3, 0.4) is 0 Å². The highest BCUT2D eigenvalue weighted by Gasteiger charge is 2.27. The van der Waals surface area contributed by atoms with Gasteiger partial charge < -0.3 is 11.1 Å². The third kappa shape index (κ3) is 2.67. The van der Waals surface area contributed by atoms with E-state index in [1.807, 2.05) is 6.07 Å². The smallest absolute Gasteiger partial charge is 0.150 e. The average molecular weight is 292 g/mol. The minimum atomic E-state index is -2.84. The second kappa shape index (κ2) is 4.90. The molecule has 1 saturated heterocycles. The highest BCUT2D eigenvalue weighted by atomic mass is 32.2. The Bertz CT molecular complexity index is 745. The molecule has 2 heterocycles. The number of hydrogen-bond donors (Lipinski definition) is 2. The molecule has 1 aliphatic rings. The Morgan fingerprint density at radius 2 is 2.20 bits per heavy atom. The maximum atomic E-state index is 11.4. The molecule has 106 valence electrons. The molecule has 3 N–H and O–H groups in total. The quantitative estimate of drug-likeness (QED) is 0.821. The molecule has 0 saturated carbocycles. The van der Waals surface area contributed by atoms with Crippen molar-refractivity contribution in [1.82, 2.24) is 9.97 Å². The molecule has 0 bridgehead atoms. The highest BCUT2D eigenvalue weighted by molar-refractivity contribution is 7.91. The Morgan fingerprint density at radius 3 is 2.95 bits per heavy atom. The lowest BCUT2D eigenvalue weighted by atomic mass is 10.1. The van der Waals surface area contributed by atoms with Crippen molar-refractivity contribution in [2.45, 2.75) is 6.42 Å². The van der Waals surface area contributed by atoms with Crippen LogP contribution in [0, 0.1) is 5.92 Å². The van der Waals surface area contributed by atoms with Crippen LogP contribution in [0.1, 0.15) is 6.42 Å². The molecule has 0 aliphatic carbocycles. The molecule has 1 aromatic carbocycles. The van der Waals surface area contributed by atoms with Gasteiger partial charge in [-0.2, -0.15) is 0 Å². The number of nitrogen functional groups attached to an aromatic ring is 1. The molecule has 7 heteroatoms. The minimum absolute atomic E-state index is 0.152. The van der Waals surface area contributed by atoms with Crippen LogP contribution in [0.4, 0.5) is 11.5 Å². The molecule has 1 aliphatic heterocycles. The Hall–Kier alpha value is -1.89. The fourth-order valence-corrected chi connectivity index (χ4v) is 4.35. The van der Waals surface area contributed by atoms with Crippen molar-refractivity contribution in [1.29, 1.82) is 0 Å². The number of aromatic nitrogens is 2. The molecule has 1 atom stereocenters. The molecule has 1 unspecified atom stereocenters. The second-order valence-corrected chi connectivity index (χ2v) is 7.38. The van der Waals surface area contributed by atoms with Crippen LogP contribution >= 0.6 is 0 Å². The van der Waals surface area contributed by atoms with E-state index in [0.717, 1.165) is 16.7 Å². The number of fused-ring (bicyclic) bond motifs is 1. The van der Waals surface area contributed by atoms with Gasteiger partial charge in [0.2, 0.25) is 0 Å². The maximum Gasteiger partial charge on any atom is 0.150 e. The molecule has 0 spiro atoms. The molecule has 6 nitrogen and oxygen atoms in total. The maximum absolute atomic E-state index is 11.4. The Kier molecular flexibility index (Phi) is 3.21. The van der Waals surface area contributed by atoms with Gasteiger partial charge in [-0.05, 0) is 30.5 Å². The summed E-state index contributed by atoms with van der Waals surface area (Å²) < 4.78 is 22.9. The summed E-state index contributed by atoms with van der Waals surface area (Å²) in [6.45, 7) is 0.607. The summed E-state index contributed by atoms with van der Waals surface area (Å²) in [5, 5.41) is 4.12. The molecular formula is C13H16N4O2S. The van der Waals surface area contributed by atoms with E-state index in [1.54, 1.807) is 12.1 Å². The molecule has 1 fully saturated rings. The van der Waals surface area contributed by atoms with Gasteiger partial charge in [0.05, 0.1) is 17.0 Å². The molecule has 0 radical (unpaired) electrons. The van der Waals surface area contributed by atoms with Crippen LogP contribution in [-0.2, 0) is 9.84 Å². The monoisotopic (exact) mass is 292 g/mol. The first-order chi connectivity index (χ1) is 9.53. The number of hydrogen-bond acceptors (Lipinski definition) is 6. The predicted octanol–water partition coefficient (Wildman–Crippen LogP) is 1.06. The fourth-order valence-electron chi connectivity index (χ4n) is 2.49. The number of nitrogens with two attached hydrogens (primary N) is 1. The van der Waals surface area contributed by atoms with Crippen molar-refractivity contribution in [2.75, 3.05) is 29.1 Å². The van der Waals surface area contributed by atoms with Gasteiger partial charge in [-0.3, -0.25) is 0 Å². The van der Waals surface area contributed by atoms with E-state index in [-0.39, 0.29) is 11.7 Å². The van der Waals surface area contributed by atoms with Crippen molar-refractivity contribution >= 4 is 32.2 Å². The normalized spacial score (nSPS) is 21.1. The molecule has 2 aromatic rings. The van der Waals surface area contributed by atoms with Gasteiger partial charge >= 0.3 is 0 Å². The van der Waals surface area contributed by atoms with Crippen LogP contribution in [0.15, 0.2) is 24.5 Å². The summed E-state index contributed by atoms with van der Waals surface area (Å²) >= 11 is 0. The van der Waals surface area contributed by atoms with Crippen molar-refractivity contribution in [3.05, 3.63) is 24.5 Å². The number of nitrogens with one attached hydrogen (secondary N) is 1. The van der Waals surface area contributed by atoms with E-state index in [0.29, 0.717) is 24.4 Å². The van der Waals surface area contributed by atoms with Crippen LogP contribution < -0.4 is 11.1 Å². The molecule has 0 amide bonds. The summed E-state index contributed by atoms with van der Waals surface area (Å²) in [5.74, 6) is 1.43. The highest BCUT2D eigenvalue weighted by Crippen LogP contribution is 2.23. The van der Waals surface area contributed by atoms with Crippen LogP contribution in [-0.4, -0.2) is 36.4 Å². The molecule has 1 aromatic heterocycles. The average Bonchev–Trinajstić information content (AvgIpc) is 2.75. The minimum Gasteiger partial charge on any atom is -0.399 e. The van der Waals surface area contributed by atoms with E-state index >= 15 is 0 Å². The van der Waals surface area contributed by atoms with Crippen LogP contribution in [0.25, 0.3) is 10.9 Å². The zero-order chi connectivity index (χ0) is 14.2. The lowest BCUT2D eigenvalue weighted by Crippen LogP contribution is -2.16. The predicted molar refractivity (Wildman–Crippen MR) is 79.2 cm³/mol. The summed E-state index contributed by atoms with van der Waals surface area (Å²) in [7, 11) is -2.84. The zero-order valence-corrected chi connectivity index (χ0v) is 11.7. The van der Waals surface area contributed by atoms with Gasteiger partial charge in [0, 0.05) is 17.6 Å². The summed E-state index contributed by atoms with van der Waals surface area (Å²) in [4.78, 5) is 8.40. The van der Waals surface area contributed by atoms with Gasteiger partial charge in [0.1, 0.15) is 12.1 Å². The van der Waals surface area contributed by atoms with E-state index < -0.39 is 9.84 Å². The SMILES string of the molecule is Nc1ccc2c(NCC3CCS(=O)(=O)C3)ncnc2c1. The molecule has 20 heavy (non-hydrogen) atoms. The van der Waals surface area contributed by atoms with E-state index in [2.05, 4.69) is 15.3 Å². The lowest BCUT2D eigenvalue weighted by molar-refractivity contribution is 0.596. The summed E-state index contributed by atoms with van der Waals surface area (Å²) in [6.07, 6.45) is 2.20. The van der Waals surface area contributed by atoms with Gasteiger partial charge in [-0.25, -0.2) is 18.4 Å². The molecular weight excluding hydrogens is 276 g/mol. The van der Waals surface area contributed by atoms with E-state index in [9.17, 15) is 8.42 Å². The third-order valence-electron chi connectivity index (χ3n) is 3.55. The number of nitrogens with zero attached hydrogens (tertiary/aromatic N) is 2. The first-order valence-corrected chi connectivity index (χ1v) is 8.30. The number of rotatable bonds is 3. The number of anilines is 2. The van der Waals surface area contributed by atoms with Gasteiger partial charge in [0.15, 0.2) is 9.84 Å². The van der Waals surface area contributed by atoms with E-state index in [4.69, 9.17) is 5.73 Å².